The van der Waals surface area contributed by atoms with Crippen LogP contribution in [-0.4, -0.2) is 0 Å². The van der Waals surface area contributed by atoms with E-state index in [2.05, 4.69) is 35.9 Å². The second-order valence-electron chi connectivity index (χ2n) is 5.28. The number of hydrogen-bond donors (Lipinski definition) is 0. The van der Waals surface area contributed by atoms with Crippen LogP contribution in [0.1, 0.15) is 14.6 Å². The van der Waals surface area contributed by atoms with Crippen molar-refractivity contribution in [1.82, 2.24) is 0 Å². The van der Waals surface area contributed by atoms with E-state index in [0.29, 0.717) is 15.1 Å². The Morgan fingerprint density at radius 1 is 0.667 bits per heavy atom. The molecule has 0 bridgehead atoms. The quantitative estimate of drug-likeness (QED) is 0.306. The summed E-state index contributed by atoms with van der Waals surface area (Å²) in [5, 5.41) is 14.6. The number of halogens is 3. The van der Waals surface area contributed by atoms with Crippen LogP contribution in [0.15, 0.2) is 35.9 Å². The lowest BCUT2D eigenvalue weighted by molar-refractivity contribution is 2.05. The lowest BCUT2D eigenvalue weighted by Gasteiger charge is -2.04. The first-order valence-electron chi connectivity index (χ1n) is 6.81. The van der Waals surface area contributed by atoms with Gasteiger partial charge in [0.2, 0.25) is 0 Å². The van der Waals surface area contributed by atoms with Crippen molar-refractivity contribution in [2.24, 2.45) is 0 Å². The van der Waals surface area contributed by atoms with Crippen molar-refractivity contribution in [1.29, 1.82) is 0 Å². The van der Waals surface area contributed by atoms with Gasteiger partial charge in [0, 0.05) is 32.3 Å². The van der Waals surface area contributed by atoms with Crippen LogP contribution < -0.4 is 0 Å². The third-order valence-corrected chi connectivity index (χ3v) is 7.90. The Bertz CT molecular complexity index is 1190. The van der Waals surface area contributed by atoms with E-state index < -0.39 is 0 Å². The van der Waals surface area contributed by atoms with Crippen molar-refractivity contribution in [3.05, 3.63) is 50.5 Å². The van der Waals surface area contributed by atoms with Crippen LogP contribution in [0.3, 0.4) is 0 Å². The third-order valence-electron chi connectivity index (χ3n) is 3.91. The molecule has 0 amide bonds. The molecular weight excluding hydrogens is 419 g/mol. The molecule has 0 N–H and O–H groups in total. The van der Waals surface area contributed by atoms with Crippen LogP contribution in [0.5, 0.6) is 0 Å². The first-order valence-corrected chi connectivity index (χ1v) is 10.6. The minimum atomic E-state index is 0.502. The van der Waals surface area contributed by atoms with Gasteiger partial charge in [-0.05, 0) is 16.1 Å². The summed E-state index contributed by atoms with van der Waals surface area (Å²) >= 11 is 23.6. The molecule has 0 aliphatic rings. The molecule has 0 atom stereocenters. The van der Waals surface area contributed by atoms with Crippen LogP contribution >= 0.6 is 68.8 Å². The van der Waals surface area contributed by atoms with Gasteiger partial charge in [-0.3, -0.25) is 0 Å². The molecule has 0 nitrogen and oxygen atoms in total. The first kappa shape index (κ1) is 16.6. The summed E-state index contributed by atoms with van der Waals surface area (Å²) in [7, 11) is 0. The number of hydrogen-bond acceptors (Lipinski definition) is 3. The summed E-state index contributed by atoms with van der Waals surface area (Å²) in [6, 6.07) is 0. The predicted octanol–water partition coefficient (Wildman–Crippen LogP) is 8.96. The van der Waals surface area contributed by atoms with Gasteiger partial charge < -0.3 is 0 Å². The lowest BCUT2D eigenvalue weighted by Crippen LogP contribution is -1.79. The molecule has 0 radical (unpaired) electrons. The molecule has 0 unspecified atom stereocenters. The minimum absolute atomic E-state index is 0.502. The van der Waals surface area contributed by atoms with Crippen molar-refractivity contribution in [3.8, 4) is 0 Å². The normalized spacial score (nSPS) is 11.6. The molecule has 1 aromatic carbocycles. The van der Waals surface area contributed by atoms with Crippen molar-refractivity contribution < 1.29 is 0 Å². The van der Waals surface area contributed by atoms with Gasteiger partial charge in [-0.2, -0.15) is 11.3 Å². The highest BCUT2D eigenvalue weighted by atomic mass is 35.5. The third kappa shape index (κ3) is 2.23. The summed E-state index contributed by atoms with van der Waals surface area (Å²) in [6.07, 6.45) is 0. The van der Waals surface area contributed by atoms with Crippen molar-refractivity contribution in [2.45, 2.75) is 0 Å². The van der Waals surface area contributed by atoms with Gasteiger partial charge in [-0.25, -0.2) is 0 Å². The Morgan fingerprint density at radius 3 is 1.71 bits per heavy atom. The zero-order valence-corrected chi connectivity index (χ0v) is 16.9. The topological polar surface area (TPSA) is 0 Å². The zero-order chi connectivity index (χ0) is 17.2. The van der Waals surface area contributed by atoms with Crippen molar-refractivity contribution >= 4 is 116 Å². The number of fused-ring (bicyclic) bond motifs is 6. The van der Waals surface area contributed by atoms with Gasteiger partial charge in [0.05, 0.1) is 29.7 Å². The van der Waals surface area contributed by atoms with Crippen molar-refractivity contribution in [2.75, 3.05) is 0 Å². The van der Waals surface area contributed by atoms with Gasteiger partial charge in [0.25, 0.3) is 0 Å². The maximum Gasteiger partial charge on any atom is 0.0543 e. The highest BCUT2D eigenvalue weighted by Crippen LogP contribution is 2.51. The second-order valence-corrected chi connectivity index (χ2v) is 9.29. The molecule has 0 aliphatic heterocycles. The SMILES string of the molecule is C=C(Cl)c1scc2c1c1cscc1c1c(C(=C)Cl)sc(C(=C)Cl)c21. The van der Waals surface area contributed by atoms with E-state index >= 15 is 0 Å². The average Bonchev–Trinajstić information content (AvgIpc) is 3.21. The van der Waals surface area contributed by atoms with Crippen LogP contribution in [-0.2, 0) is 0 Å². The van der Waals surface area contributed by atoms with Crippen LogP contribution in [0.4, 0.5) is 0 Å². The monoisotopic (exact) mass is 426 g/mol. The van der Waals surface area contributed by atoms with E-state index in [1.807, 2.05) is 0 Å². The van der Waals surface area contributed by atoms with E-state index in [9.17, 15) is 0 Å². The smallest absolute Gasteiger partial charge is 0.0543 e. The first-order chi connectivity index (χ1) is 11.4. The highest BCUT2D eigenvalue weighted by Gasteiger charge is 2.23. The molecule has 0 saturated carbocycles. The number of thiophene rings is 3. The zero-order valence-electron chi connectivity index (χ0n) is 12.2. The summed E-state index contributed by atoms with van der Waals surface area (Å²) in [6.45, 7) is 11.8. The van der Waals surface area contributed by atoms with Gasteiger partial charge in [0.15, 0.2) is 0 Å². The number of benzene rings is 1. The Hall–Kier alpha value is -0.810. The van der Waals surface area contributed by atoms with Crippen LogP contribution in [0, 0.1) is 0 Å². The fraction of sp³-hybridized carbons (Fsp3) is 0. The van der Waals surface area contributed by atoms with E-state index in [0.717, 1.165) is 46.9 Å². The van der Waals surface area contributed by atoms with Gasteiger partial charge in [-0.15, -0.1) is 22.7 Å². The maximum atomic E-state index is 6.30. The molecule has 0 spiro atoms. The minimum Gasteiger partial charge on any atom is -0.151 e. The molecule has 4 aromatic rings. The maximum absolute atomic E-state index is 6.30. The molecule has 120 valence electrons. The summed E-state index contributed by atoms with van der Waals surface area (Å²) < 4.78 is 0. The van der Waals surface area contributed by atoms with Crippen LogP contribution in [0.2, 0.25) is 0 Å². The molecular formula is C18H9Cl3S3. The second kappa shape index (κ2) is 5.87. The molecule has 3 aromatic heterocycles. The summed E-state index contributed by atoms with van der Waals surface area (Å²) in [5.74, 6) is 0. The standard InChI is InChI=1S/C18H9Cl3S3/c1-7(19)16-13-10-4-22-5-11(10)14-15(12(13)6-23-16)18(9(3)21)24-17(14)8(2)20/h4-6H,1-3H2. The number of rotatable bonds is 3. The fourth-order valence-corrected chi connectivity index (χ4v) is 6.49. The Kier molecular flexibility index (Phi) is 4.07. The summed E-state index contributed by atoms with van der Waals surface area (Å²) in [5.41, 5.74) is 0. The Morgan fingerprint density at radius 2 is 1.17 bits per heavy atom. The van der Waals surface area contributed by atoms with Gasteiger partial charge in [0.1, 0.15) is 0 Å². The molecule has 6 heteroatoms. The Balaban J connectivity index is 2.39. The predicted molar refractivity (Wildman–Crippen MR) is 117 cm³/mol. The molecule has 4 rings (SSSR count). The van der Waals surface area contributed by atoms with Crippen LogP contribution in [0.25, 0.3) is 47.4 Å². The van der Waals surface area contributed by atoms with Crippen molar-refractivity contribution in [3.63, 3.8) is 0 Å². The summed E-state index contributed by atoms with van der Waals surface area (Å²) in [4.78, 5) is 2.85. The molecule has 0 saturated heterocycles. The molecule has 24 heavy (non-hydrogen) atoms. The average molecular weight is 428 g/mol. The molecule has 0 fully saturated rings. The van der Waals surface area contributed by atoms with Gasteiger partial charge >= 0.3 is 0 Å². The highest BCUT2D eigenvalue weighted by molar-refractivity contribution is 7.18. The largest absolute Gasteiger partial charge is 0.151 e. The van der Waals surface area contributed by atoms with Gasteiger partial charge in [-0.1, -0.05) is 54.5 Å². The lowest BCUT2D eigenvalue weighted by atomic mass is 9.98. The van der Waals surface area contributed by atoms with E-state index in [4.69, 9.17) is 34.8 Å². The van der Waals surface area contributed by atoms with E-state index in [-0.39, 0.29) is 0 Å². The van der Waals surface area contributed by atoms with E-state index in [1.165, 1.54) is 11.3 Å². The fourth-order valence-electron chi connectivity index (χ4n) is 3.02. The van der Waals surface area contributed by atoms with E-state index in [1.54, 1.807) is 22.7 Å². The molecule has 3 heterocycles. The molecule has 0 aliphatic carbocycles. The Labute approximate surface area is 165 Å².